The fourth-order valence-electron chi connectivity index (χ4n) is 2.85. The van der Waals surface area contributed by atoms with Crippen LogP contribution in [0.5, 0.6) is 11.5 Å². The van der Waals surface area contributed by atoms with Crippen LogP contribution in [0.1, 0.15) is 36.0 Å². The van der Waals surface area contributed by atoms with Gasteiger partial charge in [-0.15, -0.1) is 0 Å². The molecule has 0 bridgehead atoms. The van der Waals surface area contributed by atoms with Crippen molar-refractivity contribution in [3.63, 3.8) is 0 Å². The molecule has 1 aromatic carbocycles. The zero-order chi connectivity index (χ0) is 15.2. The van der Waals surface area contributed by atoms with Crippen LogP contribution in [-0.2, 0) is 0 Å². The van der Waals surface area contributed by atoms with Gasteiger partial charge in [0.2, 0.25) is 0 Å². The van der Waals surface area contributed by atoms with Crippen LogP contribution in [-0.4, -0.2) is 37.9 Å². The second-order valence-corrected chi connectivity index (χ2v) is 5.43. The number of nitrogens with one attached hydrogen (secondary N) is 1. The molecule has 2 rings (SSSR count). The van der Waals surface area contributed by atoms with Gasteiger partial charge >= 0.3 is 0 Å². The zero-order valence-corrected chi connectivity index (χ0v) is 12.6. The van der Waals surface area contributed by atoms with E-state index in [4.69, 9.17) is 9.47 Å². The number of ether oxygens (including phenoxy) is 2. The lowest BCUT2D eigenvalue weighted by Gasteiger charge is -2.26. The summed E-state index contributed by atoms with van der Waals surface area (Å²) < 4.78 is 10.5. The molecule has 5 nitrogen and oxygen atoms in total. The third-order valence-electron chi connectivity index (χ3n) is 3.96. The van der Waals surface area contributed by atoms with Gasteiger partial charge in [0.25, 0.3) is 5.91 Å². The quantitative estimate of drug-likeness (QED) is 0.871. The maximum absolute atomic E-state index is 12.4. The fourth-order valence-corrected chi connectivity index (χ4v) is 2.85. The van der Waals surface area contributed by atoms with Crippen molar-refractivity contribution in [2.24, 2.45) is 5.92 Å². The van der Waals surface area contributed by atoms with Crippen LogP contribution in [0.2, 0.25) is 0 Å². The van der Waals surface area contributed by atoms with Gasteiger partial charge in [-0.25, -0.2) is 0 Å². The maximum atomic E-state index is 12.4. The first-order chi connectivity index (χ1) is 10.2. The number of benzene rings is 1. The SMILES string of the molecule is COc1cccc(OC)c1C(=O)NCC1CCCC(O)C1. The lowest BCUT2D eigenvalue weighted by atomic mass is 9.87. The molecule has 0 spiro atoms. The van der Waals surface area contributed by atoms with Crippen LogP contribution in [0, 0.1) is 5.92 Å². The van der Waals surface area contributed by atoms with Gasteiger partial charge in [0.1, 0.15) is 17.1 Å². The Balaban J connectivity index is 2.03. The van der Waals surface area contributed by atoms with Crippen LogP contribution in [0.25, 0.3) is 0 Å². The molecule has 1 aliphatic rings. The largest absolute Gasteiger partial charge is 0.496 e. The standard InChI is InChI=1S/C16H23NO4/c1-20-13-7-4-8-14(21-2)15(13)16(19)17-10-11-5-3-6-12(18)9-11/h4,7-8,11-12,18H,3,5-6,9-10H2,1-2H3,(H,17,19). The van der Waals surface area contributed by atoms with Gasteiger partial charge in [-0.2, -0.15) is 0 Å². The molecule has 0 radical (unpaired) electrons. The van der Waals surface area contributed by atoms with Crippen LogP contribution >= 0.6 is 0 Å². The topological polar surface area (TPSA) is 67.8 Å². The van der Waals surface area contributed by atoms with Crippen molar-refractivity contribution in [1.29, 1.82) is 0 Å². The molecule has 116 valence electrons. The predicted molar refractivity (Wildman–Crippen MR) is 79.8 cm³/mol. The van der Waals surface area contributed by atoms with Gasteiger partial charge in [-0.05, 0) is 37.3 Å². The first-order valence-electron chi connectivity index (χ1n) is 7.33. The maximum Gasteiger partial charge on any atom is 0.258 e. The monoisotopic (exact) mass is 293 g/mol. The Morgan fingerprint density at radius 2 is 1.95 bits per heavy atom. The molecule has 2 unspecified atom stereocenters. The number of aliphatic hydroxyl groups is 1. The normalized spacial score (nSPS) is 21.7. The van der Waals surface area contributed by atoms with E-state index in [1.807, 2.05) is 0 Å². The van der Waals surface area contributed by atoms with E-state index in [1.165, 1.54) is 14.2 Å². The first-order valence-corrected chi connectivity index (χ1v) is 7.33. The molecule has 2 N–H and O–H groups in total. The molecule has 21 heavy (non-hydrogen) atoms. The van der Waals surface area contributed by atoms with E-state index >= 15 is 0 Å². The van der Waals surface area contributed by atoms with E-state index < -0.39 is 0 Å². The summed E-state index contributed by atoms with van der Waals surface area (Å²) >= 11 is 0. The molecule has 1 amide bonds. The van der Waals surface area contributed by atoms with E-state index in [9.17, 15) is 9.90 Å². The molecule has 1 aliphatic carbocycles. The van der Waals surface area contributed by atoms with Gasteiger partial charge in [-0.1, -0.05) is 12.5 Å². The number of hydrogen-bond acceptors (Lipinski definition) is 4. The second-order valence-electron chi connectivity index (χ2n) is 5.43. The average molecular weight is 293 g/mol. The minimum atomic E-state index is -0.235. The summed E-state index contributed by atoms with van der Waals surface area (Å²) in [4.78, 5) is 12.4. The van der Waals surface area contributed by atoms with Crippen LogP contribution in [0.4, 0.5) is 0 Å². The lowest BCUT2D eigenvalue weighted by molar-refractivity contribution is 0.0869. The number of aliphatic hydroxyl groups excluding tert-OH is 1. The number of amides is 1. The number of methoxy groups -OCH3 is 2. The molecule has 2 atom stereocenters. The van der Waals surface area contributed by atoms with Gasteiger partial charge in [0.05, 0.1) is 20.3 Å². The molecule has 5 heteroatoms. The fraction of sp³-hybridized carbons (Fsp3) is 0.562. The third-order valence-corrected chi connectivity index (χ3v) is 3.96. The Hall–Kier alpha value is -1.75. The highest BCUT2D eigenvalue weighted by Gasteiger charge is 2.22. The Kier molecular flexibility index (Phi) is 5.44. The summed E-state index contributed by atoms with van der Waals surface area (Å²) in [5, 5.41) is 12.6. The Morgan fingerprint density at radius 1 is 1.29 bits per heavy atom. The van der Waals surface area contributed by atoms with Crippen molar-refractivity contribution in [2.45, 2.75) is 31.8 Å². The molecule has 1 aromatic rings. The van der Waals surface area contributed by atoms with E-state index in [-0.39, 0.29) is 12.0 Å². The second kappa shape index (κ2) is 7.31. The third kappa shape index (κ3) is 3.88. The smallest absolute Gasteiger partial charge is 0.258 e. The minimum absolute atomic E-state index is 0.204. The molecule has 1 fully saturated rings. The zero-order valence-electron chi connectivity index (χ0n) is 12.6. The summed E-state index contributed by atoms with van der Waals surface area (Å²) in [7, 11) is 3.06. The van der Waals surface area contributed by atoms with Crippen molar-refractivity contribution in [3.05, 3.63) is 23.8 Å². The molecule has 0 saturated heterocycles. The Labute approximate surface area is 125 Å². The Bertz CT molecular complexity index is 467. The number of hydrogen-bond donors (Lipinski definition) is 2. The van der Waals surface area contributed by atoms with Crippen LogP contribution in [0.15, 0.2) is 18.2 Å². The van der Waals surface area contributed by atoms with Crippen molar-refractivity contribution in [1.82, 2.24) is 5.32 Å². The highest BCUT2D eigenvalue weighted by molar-refractivity contribution is 5.99. The van der Waals surface area contributed by atoms with Crippen molar-refractivity contribution in [2.75, 3.05) is 20.8 Å². The Morgan fingerprint density at radius 3 is 2.52 bits per heavy atom. The van der Waals surface area contributed by atoms with Crippen LogP contribution < -0.4 is 14.8 Å². The molecule has 0 aromatic heterocycles. The van der Waals surface area contributed by atoms with E-state index in [0.717, 1.165) is 25.7 Å². The summed E-state index contributed by atoms with van der Waals surface area (Å²) in [5.41, 5.74) is 0.416. The molecule has 0 aliphatic heterocycles. The molecular weight excluding hydrogens is 270 g/mol. The summed E-state index contributed by atoms with van der Waals surface area (Å²) in [6.45, 7) is 0.567. The average Bonchev–Trinajstić information content (AvgIpc) is 2.51. The van der Waals surface area contributed by atoms with Gasteiger partial charge in [-0.3, -0.25) is 4.79 Å². The summed E-state index contributed by atoms with van der Waals surface area (Å²) in [6.07, 6.45) is 3.44. The van der Waals surface area contributed by atoms with Crippen molar-refractivity contribution in [3.8, 4) is 11.5 Å². The summed E-state index contributed by atoms with van der Waals surface area (Å²) in [5.74, 6) is 1.12. The summed E-state index contributed by atoms with van der Waals surface area (Å²) in [6, 6.07) is 5.26. The van der Waals surface area contributed by atoms with Crippen molar-refractivity contribution >= 4 is 5.91 Å². The number of carbonyl (C=O) groups excluding carboxylic acids is 1. The highest BCUT2D eigenvalue weighted by Crippen LogP contribution is 2.28. The predicted octanol–water partition coefficient (Wildman–Crippen LogP) is 1.98. The van der Waals surface area contributed by atoms with Gasteiger partial charge in [0.15, 0.2) is 0 Å². The van der Waals surface area contributed by atoms with Gasteiger partial charge in [0, 0.05) is 6.54 Å². The van der Waals surface area contributed by atoms with E-state index in [2.05, 4.69) is 5.32 Å². The number of carbonyl (C=O) groups is 1. The van der Waals surface area contributed by atoms with Crippen molar-refractivity contribution < 1.29 is 19.4 Å². The van der Waals surface area contributed by atoms with Gasteiger partial charge < -0.3 is 19.9 Å². The molecule has 1 saturated carbocycles. The highest BCUT2D eigenvalue weighted by atomic mass is 16.5. The van der Waals surface area contributed by atoms with Crippen LogP contribution in [0.3, 0.4) is 0 Å². The molecular formula is C16H23NO4. The van der Waals surface area contributed by atoms with E-state index in [0.29, 0.717) is 29.5 Å². The lowest BCUT2D eigenvalue weighted by Crippen LogP contribution is -2.33. The van der Waals surface area contributed by atoms with E-state index in [1.54, 1.807) is 18.2 Å². The minimum Gasteiger partial charge on any atom is -0.496 e. The first kappa shape index (κ1) is 15.6. The number of rotatable bonds is 5. The molecule has 0 heterocycles.